The van der Waals surface area contributed by atoms with Crippen molar-refractivity contribution in [2.45, 2.75) is 6.18 Å². The Morgan fingerprint density at radius 2 is 1.55 bits per heavy atom. The van der Waals surface area contributed by atoms with Gasteiger partial charge in [-0.05, 0) is 42.5 Å². The number of halogens is 3. The molecule has 0 saturated heterocycles. The number of pyridine rings is 1. The average molecular weight is 404 g/mol. The maximum atomic E-state index is 12.5. The summed E-state index contributed by atoms with van der Waals surface area (Å²) in [5, 5.41) is 10.6. The van der Waals surface area contributed by atoms with E-state index in [4.69, 9.17) is 9.47 Å². The summed E-state index contributed by atoms with van der Waals surface area (Å²) in [4.78, 5) is 25.7. The van der Waals surface area contributed by atoms with Gasteiger partial charge in [-0.3, -0.25) is 10.1 Å². The average Bonchev–Trinajstić information content (AvgIpc) is 2.69. The fraction of sp³-hybridized carbons (Fsp3) is 0.0526. The maximum Gasteiger partial charge on any atom is 0.417 e. The van der Waals surface area contributed by atoms with E-state index in [1.165, 1.54) is 48.5 Å². The molecule has 0 saturated carbocycles. The number of carbonyl (C=O) groups is 1. The minimum atomic E-state index is -4.49. The summed E-state index contributed by atoms with van der Waals surface area (Å²) < 4.78 is 48.1. The van der Waals surface area contributed by atoms with E-state index in [9.17, 15) is 28.1 Å². The molecule has 7 nitrogen and oxygen atoms in total. The molecule has 2 aromatic carbocycles. The van der Waals surface area contributed by atoms with Crippen LogP contribution >= 0.6 is 0 Å². The van der Waals surface area contributed by atoms with E-state index in [0.29, 0.717) is 6.20 Å². The predicted octanol–water partition coefficient (Wildman–Crippen LogP) is 5.02. The molecule has 0 atom stereocenters. The zero-order chi connectivity index (χ0) is 21.0. The zero-order valence-electron chi connectivity index (χ0n) is 14.4. The summed E-state index contributed by atoms with van der Waals surface area (Å²) in [6.07, 6.45) is -3.82. The first-order chi connectivity index (χ1) is 13.7. The molecule has 148 valence electrons. The molecule has 0 unspecified atom stereocenters. The molecule has 0 amide bonds. The summed E-state index contributed by atoms with van der Waals surface area (Å²) >= 11 is 0. The van der Waals surface area contributed by atoms with Gasteiger partial charge < -0.3 is 9.47 Å². The van der Waals surface area contributed by atoms with Gasteiger partial charge >= 0.3 is 12.1 Å². The van der Waals surface area contributed by atoms with Gasteiger partial charge in [-0.25, -0.2) is 9.78 Å². The first-order valence-electron chi connectivity index (χ1n) is 8.00. The lowest BCUT2D eigenvalue weighted by atomic mass is 10.2. The van der Waals surface area contributed by atoms with Crippen LogP contribution in [0.3, 0.4) is 0 Å². The van der Waals surface area contributed by atoms with Gasteiger partial charge in [-0.15, -0.1) is 0 Å². The fourth-order valence-electron chi connectivity index (χ4n) is 2.19. The van der Waals surface area contributed by atoms with Crippen LogP contribution < -0.4 is 9.47 Å². The van der Waals surface area contributed by atoms with Crippen LogP contribution in [-0.4, -0.2) is 15.9 Å². The molecule has 0 aliphatic rings. The molecule has 0 aliphatic heterocycles. The maximum absolute atomic E-state index is 12.5. The minimum absolute atomic E-state index is 0.0337. The zero-order valence-corrected chi connectivity index (χ0v) is 14.4. The summed E-state index contributed by atoms with van der Waals surface area (Å²) in [6, 6.07) is 12.6. The second-order valence-corrected chi connectivity index (χ2v) is 5.65. The van der Waals surface area contributed by atoms with Crippen LogP contribution in [0.2, 0.25) is 0 Å². The van der Waals surface area contributed by atoms with Gasteiger partial charge in [0.2, 0.25) is 5.88 Å². The molecule has 0 N–H and O–H groups in total. The van der Waals surface area contributed by atoms with Gasteiger partial charge in [0.05, 0.1) is 16.1 Å². The molecular formula is C19H11F3N2O5. The number of carbonyl (C=O) groups excluding carboxylic acids is 1. The van der Waals surface area contributed by atoms with Crippen LogP contribution in [0.25, 0.3) is 0 Å². The van der Waals surface area contributed by atoms with Crippen molar-refractivity contribution in [1.82, 2.24) is 4.98 Å². The Hall–Kier alpha value is -3.95. The Labute approximate surface area is 161 Å². The van der Waals surface area contributed by atoms with Crippen LogP contribution in [0.5, 0.6) is 17.4 Å². The van der Waals surface area contributed by atoms with Crippen molar-refractivity contribution in [1.29, 1.82) is 0 Å². The Bertz CT molecular complexity index is 1020. The predicted molar refractivity (Wildman–Crippen MR) is 93.8 cm³/mol. The highest BCUT2D eigenvalue weighted by molar-refractivity contribution is 5.91. The van der Waals surface area contributed by atoms with Gasteiger partial charge in [0.1, 0.15) is 11.5 Å². The van der Waals surface area contributed by atoms with Crippen molar-refractivity contribution in [2.75, 3.05) is 0 Å². The molecule has 3 rings (SSSR count). The van der Waals surface area contributed by atoms with E-state index >= 15 is 0 Å². The lowest BCUT2D eigenvalue weighted by molar-refractivity contribution is -0.384. The SMILES string of the molecule is O=C(Oc1ccc(Oc2ccc(C(F)(F)F)cn2)cc1)c1ccc([N+](=O)[O-])cc1. The van der Waals surface area contributed by atoms with E-state index in [1.54, 1.807) is 0 Å². The lowest BCUT2D eigenvalue weighted by Crippen LogP contribution is -2.08. The van der Waals surface area contributed by atoms with Gasteiger partial charge in [0.15, 0.2) is 0 Å². The van der Waals surface area contributed by atoms with Gasteiger partial charge in [0.25, 0.3) is 5.69 Å². The Morgan fingerprint density at radius 1 is 0.931 bits per heavy atom. The lowest BCUT2D eigenvalue weighted by Gasteiger charge is -2.09. The molecule has 0 aliphatic carbocycles. The number of ether oxygens (including phenoxy) is 2. The number of hydrogen-bond acceptors (Lipinski definition) is 6. The first-order valence-corrected chi connectivity index (χ1v) is 8.00. The highest BCUT2D eigenvalue weighted by Gasteiger charge is 2.30. The molecule has 0 spiro atoms. The highest BCUT2D eigenvalue weighted by atomic mass is 19.4. The highest BCUT2D eigenvalue weighted by Crippen LogP contribution is 2.30. The summed E-state index contributed by atoms with van der Waals surface area (Å²) in [7, 11) is 0. The van der Waals surface area contributed by atoms with Crippen LogP contribution in [0.1, 0.15) is 15.9 Å². The van der Waals surface area contributed by atoms with E-state index in [2.05, 4.69) is 4.98 Å². The van der Waals surface area contributed by atoms with Crippen molar-refractivity contribution < 1.29 is 32.4 Å². The molecule has 0 fully saturated rings. The van der Waals surface area contributed by atoms with Crippen LogP contribution in [0.15, 0.2) is 66.9 Å². The van der Waals surface area contributed by atoms with Crippen LogP contribution in [-0.2, 0) is 6.18 Å². The number of rotatable bonds is 5. The van der Waals surface area contributed by atoms with E-state index in [1.807, 2.05) is 0 Å². The third-order valence-corrected chi connectivity index (χ3v) is 3.63. The molecule has 10 heteroatoms. The number of nitro groups is 1. The molecule has 3 aromatic rings. The first kappa shape index (κ1) is 19.8. The quantitative estimate of drug-likeness (QED) is 0.257. The standard InChI is InChI=1S/C19H11F3N2O5/c20-19(21,22)13-3-10-17(23-11-13)28-15-6-8-16(9-7-15)29-18(25)12-1-4-14(5-2-12)24(26)27/h1-11H. The van der Waals surface area contributed by atoms with Gasteiger partial charge in [0, 0.05) is 24.4 Å². The summed E-state index contributed by atoms with van der Waals surface area (Å²) in [5.41, 5.74) is -0.914. The number of nitrogens with zero attached hydrogens (tertiary/aromatic N) is 2. The number of hydrogen-bond donors (Lipinski definition) is 0. The molecule has 0 radical (unpaired) electrons. The number of aromatic nitrogens is 1. The van der Waals surface area contributed by atoms with E-state index in [-0.39, 0.29) is 28.6 Å². The second kappa shape index (κ2) is 7.97. The van der Waals surface area contributed by atoms with Gasteiger partial charge in [-0.2, -0.15) is 13.2 Å². The van der Waals surface area contributed by atoms with Crippen molar-refractivity contribution >= 4 is 11.7 Å². The van der Waals surface area contributed by atoms with E-state index in [0.717, 1.165) is 12.1 Å². The largest absolute Gasteiger partial charge is 0.439 e. The number of nitro benzene ring substituents is 1. The molecule has 29 heavy (non-hydrogen) atoms. The smallest absolute Gasteiger partial charge is 0.417 e. The topological polar surface area (TPSA) is 91.6 Å². The van der Waals surface area contributed by atoms with E-state index < -0.39 is 22.6 Å². The number of non-ortho nitro benzene ring substituents is 1. The van der Waals surface area contributed by atoms with Crippen molar-refractivity contribution in [3.8, 4) is 17.4 Å². The van der Waals surface area contributed by atoms with Crippen molar-refractivity contribution in [2.24, 2.45) is 0 Å². The number of alkyl halides is 3. The molecule has 1 aromatic heterocycles. The molecule has 0 bridgehead atoms. The Morgan fingerprint density at radius 3 is 2.07 bits per heavy atom. The van der Waals surface area contributed by atoms with Gasteiger partial charge in [-0.1, -0.05) is 0 Å². The molecular weight excluding hydrogens is 393 g/mol. The second-order valence-electron chi connectivity index (χ2n) is 5.65. The van der Waals surface area contributed by atoms with Crippen molar-refractivity contribution in [3.63, 3.8) is 0 Å². The van der Waals surface area contributed by atoms with Crippen LogP contribution in [0, 0.1) is 10.1 Å². The summed E-state index contributed by atoms with van der Waals surface area (Å²) in [5.74, 6) is -0.292. The number of benzene rings is 2. The summed E-state index contributed by atoms with van der Waals surface area (Å²) in [6.45, 7) is 0. The third-order valence-electron chi connectivity index (χ3n) is 3.63. The number of esters is 1. The Kier molecular flexibility index (Phi) is 5.44. The third kappa shape index (κ3) is 5.06. The Balaban J connectivity index is 1.62. The van der Waals surface area contributed by atoms with Crippen LogP contribution in [0.4, 0.5) is 18.9 Å². The molecule has 1 heterocycles. The fourth-order valence-corrected chi connectivity index (χ4v) is 2.19. The van der Waals surface area contributed by atoms with Crippen molar-refractivity contribution in [3.05, 3.63) is 88.1 Å². The monoisotopic (exact) mass is 404 g/mol. The minimum Gasteiger partial charge on any atom is -0.439 e. The normalized spacial score (nSPS) is 11.0.